The molecule has 0 aromatic carbocycles. The van der Waals surface area contributed by atoms with Crippen LogP contribution >= 0.6 is 34.5 Å². The van der Waals surface area contributed by atoms with Gasteiger partial charge in [0.2, 0.25) is 0 Å². The summed E-state index contributed by atoms with van der Waals surface area (Å²) in [6.45, 7) is -0.436. The molecule has 0 aliphatic rings. The summed E-state index contributed by atoms with van der Waals surface area (Å²) < 4.78 is 4.81. The van der Waals surface area contributed by atoms with Crippen LogP contribution in [-0.2, 0) is 14.3 Å². The molecule has 0 atom stereocenters. The molecule has 2 heterocycles. The van der Waals surface area contributed by atoms with Crippen molar-refractivity contribution in [3.8, 4) is 0 Å². The Morgan fingerprint density at radius 1 is 1.41 bits per heavy atom. The van der Waals surface area contributed by atoms with Crippen molar-refractivity contribution in [2.24, 2.45) is 0 Å². The van der Waals surface area contributed by atoms with Crippen molar-refractivity contribution in [3.63, 3.8) is 0 Å². The van der Waals surface area contributed by atoms with Crippen LogP contribution in [0.5, 0.6) is 0 Å². The van der Waals surface area contributed by atoms with Crippen LogP contribution in [0.15, 0.2) is 35.9 Å². The second-order valence-corrected chi connectivity index (χ2v) is 5.81. The first-order chi connectivity index (χ1) is 10.5. The van der Waals surface area contributed by atoms with Gasteiger partial charge >= 0.3 is 5.97 Å². The zero-order valence-electron chi connectivity index (χ0n) is 11.1. The molecule has 0 bridgehead atoms. The molecule has 5 nitrogen and oxygen atoms in total. The van der Waals surface area contributed by atoms with E-state index in [1.165, 1.54) is 29.7 Å². The number of ether oxygens (including phenoxy) is 1. The molecule has 1 N–H and O–H groups in total. The number of anilines is 1. The largest absolute Gasteiger partial charge is 0.452 e. The molecule has 2 aromatic rings. The summed E-state index contributed by atoms with van der Waals surface area (Å²) in [4.78, 5) is 27.9. The Hall–Kier alpha value is -1.89. The number of amides is 1. The highest BCUT2D eigenvalue weighted by Crippen LogP contribution is 2.22. The van der Waals surface area contributed by atoms with Crippen molar-refractivity contribution in [2.75, 3.05) is 11.9 Å². The molecule has 0 saturated carbocycles. The van der Waals surface area contributed by atoms with E-state index in [1.807, 2.05) is 17.5 Å². The van der Waals surface area contributed by atoms with Gasteiger partial charge in [0.25, 0.3) is 5.91 Å². The molecule has 0 spiro atoms. The van der Waals surface area contributed by atoms with E-state index in [0.29, 0.717) is 5.02 Å². The normalized spacial score (nSPS) is 10.6. The van der Waals surface area contributed by atoms with Crippen molar-refractivity contribution >= 4 is 58.3 Å². The number of carbonyl (C=O) groups is 2. The highest BCUT2D eigenvalue weighted by Gasteiger charge is 2.09. The Morgan fingerprint density at radius 3 is 2.91 bits per heavy atom. The van der Waals surface area contributed by atoms with Crippen LogP contribution in [0, 0.1) is 0 Å². The predicted molar refractivity (Wildman–Crippen MR) is 87.2 cm³/mol. The molecule has 0 radical (unpaired) electrons. The number of carbonyl (C=O) groups excluding carboxylic acids is 2. The van der Waals surface area contributed by atoms with Gasteiger partial charge in [0.1, 0.15) is 0 Å². The lowest BCUT2D eigenvalue weighted by Gasteiger charge is -2.06. The number of esters is 1. The van der Waals surface area contributed by atoms with E-state index in [2.05, 4.69) is 10.3 Å². The number of hydrogen-bond acceptors (Lipinski definition) is 5. The van der Waals surface area contributed by atoms with Crippen LogP contribution in [0.1, 0.15) is 4.88 Å². The number of halogens is 2. The standard InChI is InChI=1S/C14H10Cl2N2O3S/c15-9-6-11(16)14(17-7-9)18-12(19)8-21-13(20)4-3-10-2-1-5-22-10/h1-7H,8H2,(H,17,18,19)/b4-3+. The Kier molecular flexibility index (Phi) is 5.94. The van der Waals surface area contributed by atoms with Crippen molar-refractivity contribution in [1.29, 1.82) is 0 Å². The lowest BCUT2D eigenvalue weighted by Crippen LogP contribution is -2.20. The zero-order chi connectivity index (χ0) is 15.9. The number of nitrogens with zero attached hydrogens (tertiary/aromatic N) is 1. The Balaban J connectivity index is 1.81. The molecule has 0 saturated heterocycles. The lowest BCUT2D eigenvalue weighted by atomic mass is 10.4. The van der Waals surface area contributed by atoms with E-state index in [4.69, 9.17) is 27.9 Å². The van der Waals surface area contributed by atoms with Crippen molar-refractivity contribution in [3.05, 3.63) is 50.8 Å². The second kappa shape index (κ2) is 7.93. The van der Waals surface area contributed by atoms with Gasteiger partial charge in [0.05, 0.1) is 10.0 Å². The van der Waals surface area contributed by atoms with Crippen molar-refractivity contribution < 1.29 is 14.3 Å². The maximum atomic E-state index is 11.6. The second-order valence-electron chi connectivity index (χ2n) is 3.99. The quantitative estimate of drug-likeness (QED) is 0.655. The molecule has 1 amide bonds. The molecule has 114 valence electrons. The Labute approximate surface area is 140 Å². The smallest absolute Gasteiger partial charge is 0.331 e. The van der Waals surface area contributed by atoms with Crippen molar-refractivity contribution in [1.82, 2.24) is 4.98 Å². The average Bonchev–Trinajstić information content (AvgIpc) is 2.99. The van der Waals surface area contributed by atoms with E-state index in [1.54, 1.807) is 6.08 Å². The summed E-state index contributed by atoms with van der Waals surface area (Å²) >= 11 is 13.0. The number of aromatic nitrogens is 1. The first-order valence-electron chi connectivity index (χ1n) is 6.04. The van der Waals surface area contributed by atoms with Gasteiger partial charge in [-0.15, -0.1) is 11.3 Å². The number of nitrogens with one attached hydrogen (secondary N) is 1. The minimum Gasteiger partial charge on any atom is -0.452 e. The molecule has 2 aromatic heterocycles. The van der Waals surface area contributed by atoms with Crippen molar-refractivity contribution in [2.45, 2.75) is 0 Å². The molecule has 22 heavy (non-hydrogen) atoms. The highest BCUT2D eigenvalue weighted by atomic mass is 35.5. The van der Waals surface area contributed by atoms with E-state index in [0.717, 1.165) is 4.88 Å². The molecule has 0 unspecified atom stereocenters. The number of rotatable bonds is 5. The van der Waals surface area contributed by atoms with Gasteiger partial charge in [-0.3, -0.25) is 4.79 Å². The van der Waals surface area contributed by atoms with Gasteiger partial charge in [0.15, 0.2) is 12.4 Å². The van der Waals surface area contributed by atoms with E-state index in [-0.39, 0.29) is 10.8 Å². The maximum Gasteiger partial charge on any atom is 0.331 e. The van der Waals surface area contributed by atoms with Crippen LogP contribution < -0.4 is 5.32 Å². The summed E-state index contributed by atoms with van der Waals surface area (Å²) in [6, 6.07) is 5.17. The summed E-state index contributed by atoms with van der Waals surface area (Å²) in [5.41, 5.74) is 0. The van der Waals surface area contributed by atoms with Gasteiger partial charge in [-0.05, 0) is 23.6 Å². The van der Waals surface area contributed by atoms with Crippen LogP contribution in [0.4, 0.5) is 5.82 Å². The van der Waals surface area contributed by atoms with Crippen LogP contribution in [0.2, 0.25) is 10.0 Å². The molecule has 8 heteroatoms. The molecule has 0 fully saturated rings. The fourth-order valence-electron chi connectivity index (χ4n) is 1.40. The number of thiophene rings is 1. The Bertz CT molecular complexity index is 702. The van der Waals surface area contributed by atoms with E-state index < -0.39 is 18.5 Å². The van der Waals surface area contributed by atoms with Gasteiger partial charge in [0, 0.05) is 17.2 Å². The van der Waals surface area contributed by atoms with Gasteiger partial charge < -0.3 is 10.1 Å². The summed E-state index contributed by atoms with van der Waals surface area (Å²) in [5.74, 6) is -1.01. The van der Waals surface area contributed by atoms with Crippen LogP contribution in [0.25, 0.3) is 6.08 Å². The predicted octanol–water partition coefficient (Wildman–Crippen LogP) is 3.65. The van der Waals surface area contributed by atoms with Crippen LogP contribution in [-0.4, -0.2) is 23.5 Å². The van der Waals surface area contributed by atoms with Crippen LogP contribution in [0.3, 0.4) is 0 Å². The fraction of sp³-hybridized carbons (Fsp3) is 0.0714. The fourth-order valence-corrected chi connectivity index (χ4v) is 2.44. The molecular formula is C14H10Cl2N2O3S. The number of hydrogen-bond donors (Lipinski definition) is 1. The number of pyridine rings is 1. The topological polar surface area (TPSA) is 68.3 Å². The maximum absolute atomic E-state index is 11.6. The molecular weight excluding hydrogens is 347 g/mol. The summed E-state index contributed by atoms with van der Waals surface area (Å²) in [5, 5.41) is 4.87. The summed E-state index contributed by atoms with van der Waals surface area (Å²) in [6.07, 6.45) is 4.22. The van der Waals surface area contributed by atoms with E-state index in [9.17, 15) is 9.59 Å². The minimum atomic E-state index is -0.612. The van der Waals surface area contributed by atoms with Gasteiger partial charge in [-0.2, -0.15) is 0 Å². The third-order valence-corrected chi connectivity index (χ3v) is 3.67. The first kappa shape index (κ1) is 16.5. The third kappa shape index (κ3) is 5.14. The zero-order valence-corrected chi connectivity index (χ0v) is 13.4. The SMILES string of the molecule is O=C(COC(=O)/C=C/c1cccs1)Nc1ncc(Cl)cc1Cl. The summed E-state index contributed by atoms with van der Waals surface area (Å²) in [7, 11) is 0. The Morgan fingerprint density at radius 2 is 2.23 bits per heavy atom. The van der Waals surface area contributed by atoms with Gasteiger partial charge in [-0.25, -0.2) is 9.78 Å². The molecule has 0 aliphatic heterocycles. The molecule has 2 rings (SSSR count). The van der Waals surface area contributed by atoms with Gasteiger partial charge in [-0.1, -0.05) is 29.3 Å². The average molecular weight is 357 g/mol. The molecule has 0 aliphatic carbocycles. The van der Waals surface area contributed by atoms with E-state index >= 15 is 0 Å². The minimum absolute atomic E-state index is 0.154. The lowest BCUT2D eigenvalue weighted by molar-refractivity contribution is -0.142. The first-order valence-corrected chi connectivity index (χ1v) is 7.67. The highest BCUT2D eigenvalue weighted by molar-refractivity contribution is 7.10. The third-order valence-electron chi connectivity index (χ3n) is 2.34. The monoisotopic (exact) mass is 356 g/mol.